The van der Waals surface area contributed by atoms with Gasteiger partial charge in [0, 0.05) is 26.4 Å². The Bertz CT molecular complexity index is 1300. The number of hydrogen-bond acceptors (Lipinski definition) is 9. The maximum atomic E-state index is 12.9. The van der Waals surface area contributed by atoms with Crippen molar-refractivity contribution in [2.45, 2.75) is 27.0 Å². The van der Waals surface area contributed by atoms with Gasteiger partial charge in [0.2, 0.25) is 0 Å². The van der Waals surface area contributed by atoms with Crippen LogP contribution in [-0.4, -0.2) is 58.1 Å². The molecule has 2 amide bonds. The Hall–Kier alpha value is -4.26. The predicted molar refractivity (Wildman–Crippen MR) is 132 cm³/mol. The van der Waals surface area contributed by atoms with Crippen molar-refractivity contribution in [1.82, 2.24) is 14.7 Å². The molecule has 3 rings (SSSR count). The van der Waals surface area contributed by atoms with Crippen molar-refractivity contribution in [2.24, 2.45) is 0 Å². The minimum Gasteiger partial charge on any atom is -0.464 e. The minimum atomic E-state index is -0.637. The first-order chi connectivity index (χ1) is 17.1. The zero-order valence-corrected chi connectivity index (χ0v) is 21.0. The number of nitro benzene ring substituents is 1. The molecule has 12 nitrogen and oxygen atoms in total. The highest BCUT2D eigenvalue weighted by Gasteiger charge is 2.28. The van der Waals surface area contributed by atoms with E-state index in [0.29, 0.717) is 16.9 Å². The van der Waals surface area contributed by atoms with Crippen LogP contribution in [0, 0.1) is 17.0 Å². The van der Waals surface area contributed by atoms with Crippen molar-refractivity contribution in [3.63, 3.8) is 0 Å². The number of aromatic nitrogens is 2. The Labute approximate surface area is 210 Å². The van der Waals surface area contributed by atoms with Crippen LogP contribution in [0.3, 0.4) is 0 Å². The van der Waals surface area contributed by atoms with Crippen LogP contribution in [0.15, 0.2) is 36.5 Å². The Balaban J connectivity index is 1.79. The Morgan fingerprint density at radius 1 is 1.22 bits per heavy atom. The Morgan fingerprint density at radius 2 is 1.94 bits per heavy atom. The first kappa shape index (κ1) is 26.3. The highest BCUT2D eigenvalue weighted by molar-refractivity contribution is 7.18. The molecule has 190 valence electrons. The van der Waals surface area contributed by atoms with Gasteiger partial charge in [0.05, 0.1) is 22.0 Å². The largest absolute Gasteiger partial charge is 0.464 e. The number of nitrogens with one attached hydrogen (secondary N) is 1. The van der Waals surface area contributed by atoms with Crippen molar-refractivity contribution in [2.75, 3.05) is 26.0 Å². The van der Waals surface area contributed by atoms with Crippen LogP contribution < -0.4 is 10.1 Å². The van der Waals surface area contributed by atoms with Gasteiger partial charge < -0.3 is 19.7 Å². The molecule has 1 aromatic carbocycles. The summed E-state index contributed by atoms with van der Waals surface area (Å²) >= 11 is 0.979. The average molecular weight is 516 g/mol. The van der Waals surface area contributed by atoms with Crippen molar-refractivity contribution in [3.05, 3.63) is 68.3 Å². The van der Waals surface area contributed by atoms with Crippen LogP contribution in [0.1, 0.15) is 49.4 Å². The number of ether oxygens (including phenoxy) is 2. The summed E-state index contributed by atoms with van der Waals surface area (Å²) in [6.45, 7) is 3.50. The SMILES string of the molecule is CCCOC(=O)c1c(NC(=O)c2ccn(COc3ccccc3[N+](=O)[O-])n2)sc(C(=O)N(C)C)c1C. The molecule has 0 aliphatic heterocycles. The molecule has 0 aliphatic rings. The van der Waals surface area contributed by atoms with Crippen LogP contribution in [0.5, 0.6) is 5.75 Å². The molecule has 0 unspecified atom stereocenters. The van der Waals surface area contributed by atoms with E-state index in [1.807, 2.05) is 6.92 Å². The maximum absolute atomic E-state index is 12.9. The molecule has 0 saturated heterocycles. The number of nitro groups is 1. The van der Waals surface area contributed by atoms with Gasteiger partial charge in [0.25, 0.3) is 11.8 Å². The van der Waals surface area contributed by atoms with E-state index in [-0.39, 0.29) is 46.9 Å². The van der Waals surface area contributed by atoms with Gasteiger partial charge in [-0.1, -0.05) is 19.1 Å². The summed E-state index contributed by atoms with van der Waals surface area (Å²) < 4.78 is 12.0. The number of carbonyl (C=O) groups is 3. The van der Waals surface area contributed by atoms with E-state index >= 15 is 0 Å². The number of esters is 1. The van der Waals surface area contributed by atoms with Crippen molar-refractivity contribution in [1.29, 1.82) is 0 Å². The number of benzene rings is 1. The highest BCUT2D eigenvalue weighted by atomic mass is 32.1. The number of thiophene rings is 1. The van der Waals surface area contributed by atoms with Gasteiger partial charge in [-0.3, -0.25) is 19.7 Å². The van der Waals surface area contributed by atoms with Crippen molar-refractivity contribution in [3.8, 4) is 5.75 Å². The summed E-state index contributed by atoms with van der Waals surface area (Å²) in [5.74, 6) is -1.50. The average Bonchev–Trinajstić information content (AvgIpc) is 3.45. The van der Waals surface area contributed by atoms with E-state index in [2.05, 4.69) is 10.4 Å². The summed E-state index contributed by atoms with van der Waals surface area (Å²) in [6, 6.07) is 7.33. The molecule has 0 aliphatic carbocycles. The minimum absolute atomic E-state index is 0.0144. The van der Waals surface area contributed by atoms with Gasteiger partial charge in [-0.15, -0.1) is 11.3 Å². The summed E-state index contributed by atoms with van der Waals surface area (Å²) in [5, 5.41) is 18.1. The molecule has 0 atom stereocenters. The number of hydrogen-bond donors (Lipinski definition) is 1. The summed E-state index contributed by atoms with van der Waals surface area (Å²) in [5.41, 5.74) is 0.353. The number of nitrogens with zero attached hydrogens (tertiary/aromatic N) is 4. The van der Waals surface area contributed by atoms with Gasteiger partial charge in [-0.2, -0.15) is 5.10 Å². The van der Waals surface area contributed by atoms with E-state index in [9.17, 15) is 24.5 Å². The normalized spacial score (nSPS) is 10.6. The van der Waals surface area contributed by atoms with E-state index < -0.39 is 16.8 Å². The van der Waals surface area contributed by atoms with E-state index in [0.717, 1.165) is 11.3 Å². The van der Waals surface area contributed by atoms with Gasteiger partial charge in [0.1, 0.15) is 5.00 Å². The Kier molecular flexibility index (Phi) is 8.38. The standard InChI is InChI=1S/C23H25N5O7S/c1-5-12-34-23(31)18-14(2)19(22(30)26(3)4)36-21(18)24-20(29)15-10-11-27(25-15)13-35-17-9-7-6-8-16(17)28(32)33/h6-11H,5,12-13H2,1-4H3,(H,24,29). The Morgan fingerprint density at radius 3 is 2.61 bits per heavy atom. The summed E-state index contributed by atoms with van der Waals surface area (Å²) in [4.78, 5) is 50.4. The molecule has 0 spiro atoms. The topological polar surface area (TPSA) is 146 Å². The van der Waals surface area contributed by atoms with Crippen molar-refractivity contribution < 1.29 is 28.8 Å². The maximum Gasteiger partial charge on any atom is 0.341 e. The van der Waals surface area contributed by atoms with Crippen LogP contribution in [0.4, 0.5) is 10.7 Å². The van der Waals surface area contributed by atoms with Gasteiger partial charge in [-0.25, -0.2) is 9.48 Å². The van der Waals surface area contributed by atoms with Crippen LogP contribution in [0.2, 0.25) is 0 Å². The molecule has 36 heavy (non-hydrogen) atoms. The molecular formula is C23H25N5O7S. The third-order valence-corrected chi connectivity index (χ3v) is 6.10. The lowest BCUT2D eigenvalue weighted by Crippen LogP contribution is -2.21. The van der Waals surface area contributed by atoms with Gasteiger partial charge in [-0.05, 0) is 31.0 Å². The molecule has 1 N–H and O–H groups in total. The van der Waals surface area contributed by atoms with E-state index in [1.165, 1.54) is 40.0 Å². The van der Waals surface area contributed by atoms with Crippen LogP contribution in [-0.2, 0) is 11.5 Å². The molecule has 2 aromatic heterocycles. The second-order valence-electron chi connectivity index (χ2n) is 7.79. The fraction of sp³-hybridized carbons (Fsp3) is 0.304. The second-order valence-corrected chi connectivity index (χ2v) is 8.81. The molecule has 0 saturated carbocycles. The number of para-hydroxylation sites is 2. The third-order valence-electron chi connectivity index (χ3n) is 4.90. The zero-order chi connectivity index (χ0) is 26.4. The van der Waals surface area contributed by atoms with Crippen LogP contribution >= 0.6 is 11.3 Å². The van der Waals surface area contributed by atoms with Gasteiger partial charge >= 0.3 is 11.7 Å². The number of anilines is 1. The first-order valence-corrected chi connectivity index (χ1v) is 11.7. The summed E-state index contributed by atoms with van der Waals surface area (Å²) in [6.07, 6.45) is 2.09. The third kappa shape index (κ3) is 5.86. The molecule has 0 bridgehead atoms. The fourth-order valence-electron chi connectivity index (χ4n) is 3.11. The van der Waals surface area contributed by atoms with Crippen molar-refractivity contribution >= 4 is 39.8 Å². The predicted octanol–water partition coefficient (Wildman–Crippen LogP) is 3.72. The first-order valence-electron chi connectivity index (χ1n) is 10.9. The van der Waals surface area contributed by atoms with Crippen LogP contribution in [0.25, 0.3) is 0 Å². The highest BCUT2D eigenvalue weighted by Crippen LogP contribution is 2.34. The number of amides is 2. The molecular weight excluding hydrogens is 490 g/mol. The molecule has 3 aromatic rings. The summed E-state index contributed by atoms with van der Waals surface area (Å²) in [7, 11) is 3.18. The molecule has 0 radical (unpaired) electrons. The smallest absolute Gasteiger partial charge is 0.341 e. The monoisotopic (exact) mass is 515 g/mol. The van der Waals surface area contributed by atoms with Gasteiger partial charge in [0.15, 0.2) is 18.2 Å². The molecule has 0 fully saturated rings. The fourth-order valence-corrected chi connectivity index (χ4v) is 4.32. The number of rotatable bonds is 10. The lowest BCUT2D eigenvalue weighted by Gasteiger charge is -2.09. The van der Waals surface area contributed by atoms with E-state index in [4.69, 9.17) is 9.47 Å². The number of carbonyl (C=O) groups excluding carboxylic acids is 3. The van der Waals surface area contributed by atoms with E-state index in [1.54, 1.807) is 27.1 Å². The second kappa shape index (κ2) is 11.4. The zero-order valence-electron chi connectivity index (χ0n) is 20.1. The quantitative estimate of drug-likeness (QED) is 0.244. The molecule has 2 heterocycles. The lowest BCUT2D eigenvalue weighted by molar-refractivity contribution is -0.386. The molecule has 13 heteroatoms. The lowest BCUT2D eigenvalue weighted by atomic mass is 10.1.